The highest BCUT2D eigenvalue weighted by Crippen LogP contribution is 2.37. The summed E-state index contributed by atoms with van der Waals surface area (Å²) in [6.45, 7) is 1.17. The van der Waals surface area contributed by atoms with Gasteiger partial charge in [0.05, 0.1) is 15.5 Å². The lowest BCUT2D eigenvalue weighted by Crippen LogP contribution is -2.45. The number of rotatable bonds is 6. The van der Waals surface area contributed by atoms with Crippen molar-refractivity contribution < 1.29 is 22.4 Å². The molecule has 39 heavy (non-hydrogen) atoms. The fourth-order valence-electron chi connectivity index (χ4n) is 5.80. The number of likely N-dealkylation sites (tertiary alicyclic amines) is 1. The van der Waals surface area contributed by atoms with Crippen LogP contribution < -0.4 is 5.32 Å². The van der Waals surface area contributed by atoms with Crippen LogP contribution in [0.15, 0.2) is 71.6 Å². The van der Waals surface area contributed by atoms with Crippen LogP contribution in [0, 0.1) is 17.7 Å². The zero-order valence-electron chi connectivity index (χ0n) is 21.6. The number of nitrogens with one attached hydrogen (secondary N) is 1. The molecule has 5 rings (SSSR count). The predicted octanol–water partition coefficient (Wildman–Crippen LogP) is 5.14. The predicted molar refractivity (Wildman–Crippen MR) is 148 cm³/mol. The second-order valence-corrected chi connectivity index (χ2v) is 13.0. The van der Waals surface area contributed by atoms with Crippen molar-refractivity contribution in [1.29, 1.82) is 0 Å². The second-order valence-electron chi connectivity index (χ2n) is 10.6. The Morgan fingerprint density at radius 2 is 1.77 bits per heavy atom. The quantitative estimate of drug-likeness (QED) is 0.446. The van der Waals surface area contributed by atoms with Crippen LogP contribution in [-0.4, -0.2) is 50.5 Å². The number of fused-ring (bicyclic) bond motifs is 1. The van der Waals surface area contributed by atoms with E-state index in [4.69, 9.17) is 11.6 Å². The smallest absolute Gasteiger partial charge is 0.253 e. The summed E-state index contributed by atoms with van der Waals surface area (Å²) in [6.07, 6.45) is 4.37. The fraction of sp³-hybridized carbons (Fsp3) is 0.333. The van der Waals surface area contributed by atoms with Crippen LogP contribution in [0.4, 0.5) is 4.39 Å². The summed E-state index contributed by atoms with van der Waals surface area (Å²) in [5.74, 6) is -0.339. The number of hydrogen-bond donors (Lipinski definition) is 1. The number of halogens is 2. The molecule has 0 aromatic heterocycles. The lowest BCUT2D eigenvalue weighted by atomic mass is 9.78. The number of sulfone groups is 1. The first-order valence-electron chi connectivity index (χ1n) is 13.0. The van der Waals surface area contributed by atoms with Crippen LogP contribution in [0.25, 0.3) is 0 Å². The molecule has 2 aliphatic rings. The summed E-state index contributed by atoms with van der Waals surface area (Å²) >= 11 is 6.24. The minimum Gasteiger partial charge on any atom is -0.349 e. The lowest BCUT2D eigenvalue weighted by molar-refractivity contribution is 0.0782. The van der Waals surface area contributed by atoms with Crippen molar-refractivity contribution in [3.63, 3.8) is 0 Å². The van der Waals surface area contributed by atoms with Gasteiger partial charge < -0.3 is 10.2 Å². The molecular weight excluding hydrogens is 539 g/mol. The van der Waals surface area contributed by atoms with E-state index >= 15 is 0 Å². The average Bonchev–Trinajstić information content (AvgIpc) is 3.34. The third kappa shape index (κ3) is 6.17. The molecule has 1 aliphatic carbocycles. The first-order chi connectivity index (χ1) is 18.6. The van der Waals surface area contributed by atoms with Crippen molar-refractivity contribution in [2.75, 3.05) is 19.3 Å². The van der Waals surface area contributed by atoms with Gasteiger partial charge in [-0.3, -0.25) is 9.59 Å². The van der Waals surface area contributed by atoms with Gasteiger partial charge in [0.1, 0.15) is 5.82 Å². The van der Waals surface area contributed by atoms with Crippen molar-refractivity contribution in [2.24, 2.45) is 11.8 Å². The summed E-state index contributed by atoms with van der Waals surface area (Å²) in [6, 6.07) is 17.9. The minimum absolute atomic E-state index is 0.0400. The minimum atomic E-state index is -3.48. The number of carbonyl (C=O) groups excluding carboxylic acids is 2. The number of hydrogen-bond acceptors (Lipinski definition) is 4. The normalized spacial score (nSPS) is 20.9. The number of amides is 2. The average molecular weight is 569 g/mol. The van der Waals surface area contributed by atoms with E-state index in [1.807, 2.05) is 35.2 Å². The third-order valence-corrected chi connectivity index (χ3v) is 9.25. The second kappa shape index (κ2) is 11.1. The standard InChI is InChI=1S/C30H30ClFN2O4S/c1-39(37,38)24-12-13-27(31)25(16-24)29(35)33-28-7-3-5-22-17-34(18-26(22)28)30(36)21-10-8-19(9-11-21)14-20-4-2-6-23(32)15-20/h2,4,6,8-13,15-16,22,26,28H,3,5,7,14,17-18H2,1H3,(H,33,35)/t22-,26+,28-/m1/s1. The zero-order valence-corrected chi connectivity index (χ0v) is 23.1. The van der Waals surface area contributed by atoms with Crippen LogP contribution in [0.3, 0.4) is 0 Å². The zero-order chi connectivity index (χ0) is 27.7. The molecule has 0 spiro atoms. The Morgan fingerprint density at radius 1 is 1.00 bits per heavy atom. The molecule has 3 aromatic carbocycles. The van der Waals surface area contributed by atoms with Gasteiger partial charge in [-0.1, -0.05) is 42.3 Å². The molecule has 3 aromatic rings. The van der Waals surface area contributed by atoms with E-state index < -0.39 is 15.7 Å². The Kier molecular flexibility index (Phi) is 7.78. The molecule has 3 atom stereocenters. The molecule has 1 saturated heterocycles. The topological polar surface area (TPSA) is 83.6 Å². The fourth-order valence-corrected chi connectivity index (χ4v) is 6.65. The van der Waals surface area contributed by atoms with Crippen LogP contribution >= 0.6 is 11.6 Å². The first kappa shape index (κ1) is 27.3. The Balaban J connectivity index is 1.25. The van der Waals surface area contributed by atoms with Crippen LogP contribution in [-0.2, 0) is 16.3 Å². The van der Waals surface area contributed by atoms with Crippen molar-refractivity contribution >= 4 is 33.3 Å². The molecule has 0 radical (unpaired) electrons. The molecule has 1 N–H and O–H groups in total. The van der Waals surface area contributed by atoms with Gasteiger partial charge >= 0.3 is 0 Å². The van der Waals surface area contributed by atoms with Gasteiger partial charge in [-0.25, -0.2) is 12.8 Å². The van der Waals surface area contributed by atoms with E-state index in [1.54, 1.807) is 6.07 Å². The Morgan fingerprint density at radius 3 is 2.49 bits per heavy atom. The number of carbonyl (C=O) groups is 2. The molecule has 6 nitrogen and oxygen atoms in total. The van der Waals surface area contributed by atoms with Crippen LogP contribution in [0.2, 0.25) is 5.02 Å². The van der Waals surface area contributed by atoms with Crippen molar-refractivity contribution in [1.82, 2.24) is 10.2 Å². The lowest BCUT2D eigenvalue weighted by Gasteiger charge is -2.33. The van der Waals surface area contributed by atoms with Gasteiger partial charge in [-0.2, -0.15) is 0 Å². The maximum Gasteiger partial charge on any atom is 0.253 e. The monoisotopic (exact) mass is 568 g/mol. The summed E-state index contributed by atoms with van der Waals surface area (Å²) in [5.41, 5.74) is 2.59. The molecule has 204 valence electrons. The summed E-state index contributed by atoms with van der Waals surface area (Å²) in [5, 5.41) is 3.27. The molecule has 0 bridgehead atoms. The Bertz CT molecular complexity index is 1510. The van der Waals surface area contributed by atoms with E-state index in [9.17, 15) is 22.4 Å². The summed E-state index contributed by atoms with van der Waals surface area (Å²) < 4.78 is 37.4. The summed E-state index contributed by atoms with van der Waals surface area (Å²) in [4.78, 5) is 28.4. The van der Waals surface area contributed by atoms with Gasteiger partial charge in [0, 0.05) is 36.9 Å². The van der Waals surface area contributed by atoms with Crippen molar-refractivity contribution in [3.05, 3.63) is 99.8 Å². The van der Waals surface area contributed by atoms with Crippen LogP contribution in [0.5, 0.6) is 0 Å². The maximum atomic E-state index is 13.5. The Labute approximate surface area is 233 Å². The largest absolute Gasteiger partial charge is 0.349 e. The molecule has 0 unspecified atom stereocenters. The van der Waals surface area contributed by atoms with Crippen molar-refractivity contribution in [3.8, 4) is 0 Å². The highest BCUT2D eigenvalue weighted by molar-refractivity contribution is 7.90. The highest BCUT2D eigenvalue weighted by atomic mass is 35.5. The first-order valence-corrected chi connectivity index (χ1v) is 15.3. The maximum absolute atomic E-state index is 13.5. The molecule has 1 aliphatic heterocycles. The molecule has 1 saturated carbocycles. The van der Waals surface area contributed by atoms with Gasteiger partial charge in [0.2, 0.25) is 0 Å². The number of benzene rings is 3. The molecule has 2 fully saturated rings. The van der Waals surface area contributed by atoms with E-state index in [-0.39, 0.29) is 45.1 Å². The molecule has 1 heterocycles. The summed E-state index contributed by atoms with van der Waals surface area (Å²) in [7, 11) is -3.48. The Hall–Kier alpha value is -3.23. The van der Waals surface area contributed by atoms with E-state index in [0.717, 1.165) is 36.6 Å². The van der Waals surface area contributed by atoms with Gasteiger partial charge in [0.15, 0.2) is 9.84 Å². The van der Waals surface area contributed by atoms with E-state index in [1.165, 1.54) is 30.3 Å². The van der Waals surface area contributed by atoms with Crippen molar-refractivity contribution in [2.45, 2.75) is 36.6 Å². The molecule has 2 amide bonds. The third-order valence-electron chi connectivity index (χ3n) is 7.81. The molecular formula is C30H30ClFN2O4S. The van der Waals surface area contributed by atoms with E-state index in [0.29, 0.717) is 25.1 Å². The number of nitrogens with zero attached hydrogens (tertiary/aromatic N) is 1. The SMILES string of the molecule is CS(=O)(=O)c1ccc(Cl)c(C(=O)N[C@@H]2CCC[C@@H]3CN(C(=O)c4ccc(Cc5cccc(F)c5)cc4)C[C@@H]32)c1. The molecule has 9 heteroatoms. The highest BCUT2D eigenvalue weighted by Gasteiger charge is 2.42. The van der Waals surface area contributed by atoms with Gasteiger partial charge in [-0.05, 0) is 78.8 Å². The van der Waals surface area contributed by atoms with Crippen LogP contribution in [0.1, 0.15) is 51.1 Å². The van der Waals surface area contributed by atoms with E-state index in [2.05, 4.69) is 5.32 Å². The van der Waals surface area contributed by atoms with Gasteiger partial charge in [-0.15, -0.1) is 0 Å². The van der Waals surface area contributed by atoms with Gasteiger partial charge in [0.25, 0.3) is 11.8 Å².